The van der Waals surface area contributed by atoms with E-state index in [1.54, 1.807) is 6.20 Å². The van der Waals surface area contributed by atoms with Crippen molar-refractivity contribution in [2.75, 3.05) is 6.61 Å². The van der Waals surface area contributed by atoms with Gasteiger partial charge in [0.1, 0.15) is 0 Å². The van der Waals surface area contributed by atoms with E-state index in [9.17, 15) is 0 Å². The zero-order chi connectivity index (χ0) is 9.80. The van der Waals surface area contributed by atoms with Gasteiger partial charge in [-0.3, -0.25) is 0 Å². The third-order valence-corrected chi connectivity index (χ3v) is 2.80. The highest BCUT2D eigenvalue weighted by Gasteiger charge is 2.24. The van der Waals surface area contributed by atoms with Gasteiger partial charge in [0.2, 0.25) is 5.88 Å². The van der Waals surface area contributed by atoms with E-state index in [2.05, 4.69) is 4.98 Å². The van der Waals surface area contributed by atoms with E-state index in [4.69, 9.17) is 10.5 Å². The maximum absolute atomic E-state index is 5.94. The molecule has 1 aromatic rings. The molecule has 0 bridgehead atoms. The van der Waals surface area contributed by atoms with E-state index in [-0.39, 0.29) is 0 Å². The molecule has 2 rings (SSSR count). The molecule has 3 nitrogen and oxygen atoms in total. The Labute approximate surface area is 84.3 Å². The van der Waals surface area contributed by atoms with Gasteiger partial charge in [-0.1, -0.05) is 12.5 Å². The third-order valence-electron chi connectivity index (χ3n) is 2.80. The van der Waals surface area contributed by atoms with Crippen LogP contribution in [0.3, 0.4) is 0 Å². The van der Waals surface area contributed by atoms with Crippen LogP contribution in [0.5, 0.6) is 5.88 Å². The molecule has 0 amide bonds. The number of nitrogens with two attached hydrogens (primary N) is 1. The van der Waals surface area contributed by atoms with Gasteiger partial charge >= 0.3 is 0 Å². The zero-order valence-electron chi connectivity index (χ0n) is 8.23. The van der Waals surface area contributed by atoms with Gasteiger partial charge in [0.15, 0.2) is 0 Å². The molecule has 3 heteroatoms. The van der Waals surface area contributed by atoms with Gasteiger partial charge in [-0.15, -0.1) is 0 Å². The van der Waals surface area contributed by atoms with Crippen molar-refractivity contribution in [1.29, 1.82) is 0 Å². The van der Waals surface area contributed by atoms with Crippen LogP contribution in [0.1, 0.15) is 19.3 Å². The topological polar surface area (TPSA) is 48.1 Å². The Balaban J connectivity index is 1.82. The number of ether oxygens (including phenoxy) is 1. The zero-order valence-corrected chi connectivity index (χ0v) is 8.23. The van der Waals surface area contributed by atoms with Gasteiger partial charge in [0.05, 0.1) is 6.61 Å². The Kier molecular flexibility index (Phi) is 2.99. The lowest BCUT2D eigenvalue weighted by Crippen LogP contribution is -2.28. The van der Waals surface area contributed by atoms with Crippen LogP contribution in [0.4, 0.5) is 0 Å². The highest BCUT2D eigenvalue weighted by atomic mass is 16.5. The monoisotopic (exact) mass is 192 g/mol. The number of hydrogen-bond acceptors (Lipinski definition) is 3. The molecular weight excluding hydrogens is 176 g/mol. The van der Waals surface area contributed by atoms with E-state index < -0.39 is 0 Å². The number of aromatic nitrogens is 1. The van der Waals surface area contributed by atoms with Crippen molar-refractivity contribution in [2.45, 2.75) is 25.3 Å². The van der Waals surface area contributed by atoms with Crippen LogP contribution in [0, 0.1) is 5.92 Å². The van der Waals surface area contributed by atoms with Crippen molar-refractivity contribution in [3.63, 3.8) is 0 Å². The summed E-state index contributed by atoms with van der Waals surface area (Å²) in [5.41, 5.74) is 5.94. The predicted octanol–water partition coefficient (Wildman–Crippen LogP) is 1.59. The first-order chi connectivity index (χ1) is 6.86. The lowest BCUT2D eigenvalue weighted by atomic mass is 10.1. The largest absolute Gasteiger partial charge is 0.477 e. The van der Waals surface area contributed by atoms with Gasteiger partial charge in [0, 0.05) is 24.2 Å². The van der Waals surface area contributed by atoms with Crippen LogP contribution in [0.15, 0.2) is 24.4 Å². The third kappa shape index (κ3) is 2.23. The van der Waals surface area contributed by atoms with Crippen LogP contribution in [-0.4, -0.2) is 17.6 Å². The highest BCUT2D eigenvalue weighted by Crippen LogP contribution is 2.24. The highest BCUT2D eigenvalue weighted by molar-refractivity contribution is 5.09. The molecule has 76 valence electrons. The van der Waals surface area contributed by atoms with E-state index in [1.165, 1.54) is 12.8 Å². The van der Waals surface area contributed by atoms with E-state index in [0.29, 0.717) is 24.4 Å². The Hall–Kier alpha value is -1.09. The molecule has 0 unspecified atom stereocenters. The van der Waals surface area contributed by atoms with E-state index >= 15 is 0 Å². The van der Waals surface area contributed by atoms with Crippen LogP contribution >= 0.6 is 0 Å². The molecule has 1 aromatic heterocycles. The Morgan fingerprint density at radius 1 is 1.43 bits per heavy atom. The van der Waals surface area contributed by atoms with Crippen LogP contribution in [-0.2, 0) is 0 Å². The molecule has 1 aliphatic carbocycles. The summed E-state index contributed by atoms with van der Waals surface area (Å²) >= 11 is 0. The van der Waals surface area contributed by atoms with Crippen LogP contribution in [0.25, 0.3) is 0 Å². The average molecular weight is 192 g/mol. The molecule has 0 aliphatic heterocycles. The molecule has 1 saturated carbocycles. The molecule has 14 heavy (non-hydrogen) atoms. The second-order valence-electron chi connectivity index (χ2n) is 3.83. The molecule has 0 saturated heterocycles. The van der Waals surface area contributed by atoms with Crippen molar-refractivity contribution in [3.05, 3.63) is 24.4 Å². The number of rotatable bonds is 3. The van der Waals surface area contributed by atoms with Crippen molar-refractivity contribution in [2.24, 2.45) is 11.7 Å². The minimum atomic E-state index is 0.318. The lowest BCUT2D eigenvalue weighted by molar-refractivity contribution is 0.232. The lowest BCUT2D eigenvalue weighted by Gasteiger charge is -2.15. The fourth-order valence-electron chi connectivity index (χ4n) is 1.90. The Morgan fingerprint density at radius 2 is 2.36 bits per heavy atom. The van der Waals surface area contributed by atoms with Crippen molar-refractivity contribution in [1.82, 2.24) is 4.98 Å². The summed E-state index contributed by atoms with van der Waals surface area (Å²) in [4.78, 5) is 4.10. The maximum Gasteiger partial charge on any atom is 0.213 e. The Morgan fingerprint density at radius 3 is 3.00 bits per heavy atom. The summed E-state index contributed by atoms with van der Waals surface area (Å²) in [6.45, 7) is 0.707. The number of nitrogens with zero attached hydrogens (tertiary/aromatic N) is 1. The van der Waals surface area contributed by atoms with Gasteiger partial charge in [-0.2, -0.15) is 0 Å². The standard InChI is InChI=1S/C11H16N2O/c12-10-5-3-4-9(10)8-14-11-6-1-2-7-13-11/h1-2,6-7,9-10H,3-5,8,12H2/t9-,10+/m1/s1. The molecular formula is C11H16N2O. The number of hydrogen-bond donors (Lipinski definition) is 1. The quantitative estimate of drug-likeness (QED) is 0.791. The van der Waals surface area contributed by atoms with Crippen LogP contribution in [0.2, 0.25) is 0 Å². The molecule has 0 radical (unpaired) electrons. The minimum absolute atomic E-state index is 0.318. The Bertz CT molecular complexity index is 276. The maximum atomic E-state index is 5.94. The first-order valence-electron chi connectivity index (χ1n) is 5.15. The molecule has 1 aliphatic rings. The summed E-state index contributed by atoms with van der Waals surface area (Å²) in [6.07, 6.45) is 5.30. The fraction of sp³-hybridized carbons (Fsp3) is 0.545. The van der Waals surface area contributed by atoms with Gasteiger partial charge in [0.25, 0.3) is 0 Å². The predicted molar refractivity (Wildman–Crippen MR) is 55.0 cm³/mol. The summed E-state index contributed by atoms with van der Waals surface area (Å²) in [5, 5.41) is 0. The van der Waals surface area contributed by atoms with Gasteiger partial charge < -0.3 is 10.5 Å². The second-order valence-corrected chi connectivity index (χ2v) is 3.83. The van der Waals surface area contributed by atoms with Crippen molar-refractivity contribution >= 4 is 0 Å². The molecule has 2 N–H and O–H groups in total. The SMILES string of the molecule is N[C@H]1CCC[C@@H]1COc1ccccn1. The number of pyridine rings is 1. The minimum Gasteiger partial charge on any atom is -0.477 e. The molecule has 0 aromatic carbocycles. The molecule has 0 spiro atoms. The molecule has 2 atom stereocenters. The second kappa shape index (κ2) is 4.42. The van der Waals surface area contributed by atoms with Gasteiger partial charge in [-0.05, 0) is 18.9 Å². The summed E-state index contributed by atoms with van der Waals surface area (Å²) in [5.74, 6) is 1.21. The smallest absolute Gasteiger partial charge is 0.213 e. The summed E-state index contributed by atoms with van der Waals surface area (Å²) in [6, 6.07) is 6.00. The van der Waals surface area contributed by atoms with E-state index in [0.717, 1.165) is 6.42 Å². The first kappa shape index (κ1) is 9.46. The first-order valence-corrected chi connectivity index (χ1v) is 5.15. The van der Waals surface area contributed by atoms with E-state index in [1.807, 2.05) is 18.2 Å². The average Bonchev–Trinajstić information content (AvgIpc) is 2.63. The van der Waals surface area contributed by atoms with Crippen LogP contribution < -0.4 is 10.5 Å². The molecule has 1 fully saturated rings. The summed E-state index contributed by atoms with van der Waals surface area (Å²) in [7, 11) is 0. The van der Waals surface area contributed by atoms with Crippen molar-refractivity contribution < 1.29 is 4.74 Å². The van der Waals surface area contributed by atoms with Crippen molar-refractivity contribution in [3.8, 4) is 5.88 Å². The summed E-state index contributed by atoms with van der Waals surface area (Å²) < 4.78 is 5.57. The van der Waals surface area contributed by atoms with Gasteiger partial charge in [-0.25, -0.2) is 4.98 Å². The molecule has 1 heterocycles. The normalized spacial score (nSPS) is 26.4. The fourth-order valence-corrected chi connectivity index (χ4v) is 1.90.